The molecule has 1 atom stereocenters. The van der Waals surface area contributed by atoms with Crippen molar-refractivity contribution < 1.29 is 13.6 Å². The molecule has 1 heterocycles. The van der Waals surface area contributed by atoms with Crippen LogP contribution in [0.3, 0.4) is 0 Å². The molecule has 0 aromatic heterocycles. The Bertz CT molecular complexity index is 450. The molecule has 0 saturated carbocycles. The molecule has 1 aliphatic rings. The van der Waals surface area contributed by atoms with Crippen LogP contribution in [0, 0.1) is 17.6 Å². The number of halogens is 3. The molecule has 3 nitrogen and oxygen atoms in total. The van der Waals surface area contributed by atoms with Crippen molar-refractivity contribution in [3.63, 3.8) is 0 Å². The molecular weight excluding hydrogens is 286 g/mol. The minimum atomic E-state index is -0.666. The Morgan fingerprint density at radius 1 is 1.35 bits per heavy atom. The number of nitrogens with zero attached hydrogens (tertiary/aromatic N) is 1. The van der Waals surface area contributed by atoms with Gasteiger partial charge in [-0.1, -0.05) is 6.07 Å². The topological polar surface area (TPSA) is 46.3 Å². The van der Waals surface area contributed by atoms with Crippen LogP contribution in [0.25, 0.3) is 0 Å². The maximum absolute atomic E-state index is 13.5. The highest BCUT2D eigenvalue weighted by atomic mass is 35.5. The monoisotopic (exact) mass is 304 g/mol. The summed E-state index contributed by atoms with van der Waals surface area (Å²) in [7, 11) is 0. The Morgan fingerprint density at radius 2 is 2.00 bits per heavy atom. The van der Waals surface area contributed by atoms with Gasteiger partial charge in [0.05, 0.1) is 6.42 Å². The number of benzene rings is 1. The van der Waals surface area contributed by atoms with Crippen LogP contribution in [0.5, 0.6) is 0 Å². The van der Waals surface area contributed by atoms with E-state index in [0.717, 1.165) is 12.8 Å². The van der Waals surface area contributed by atoms with E-state index in [-0.39, 0.29) is 30.3 Å². The average molecular weight is 305 g/mol. The van der Waals surface area contributed by atoms with E-state index in [4.69, 9.17) is 5.73 Å². The molecular formula is C14H19ClF2N2O. The van der Waals surface area contributed by atoms with Crippen molar-refractivity contribution in [3.05, 3.63) is 35.4 Å². The van der Waals surface area contributed by atoms with Crippen LogP contribution in [-0.4, -0.2) is 30.4 Å². The molecule has 20 heavy (non-hydrogen) atoms. The van der Waals surface area contributed by atoms with Gasteiger partial charge in [0, 0.05) is 18.7 Å². The van der Waals surface area contributed by atoms with Gasteiger partial charge in [0.25, 0.3) is 0 Å². The molecule has 0 aliphatic carbocycles. The Labute approximate surface area is 123 Å². The molecule has 1 aliphatic heterocycles. The van der Waals surface area contributed by atoms with Gasteiger partial charge >= 0.3 is 0 Å². The number of rotatable bonds is 3. The maximum Gasteiger partial charge on any atom is 0.227 e. The van der Waals surface area contributed by atoms with Crippen molar-refractivity contribution in [2.45, 2.75) is 19.3 Å². The third-order valence-corrected chi connectivity index (χ3v) is 3.59. The number of nitrogens with two attached hydrogens (primary N) is 1. The van der Waals surface area contributed by atoms with Gasteiger partial charge in [0.2, 0.25) is 5.91 Å². The lowest BCUT2D eigenvalue weighted by atomic mass is 9.97. The van der Waals surface area contributed by atoms with E-state index < -0.39 is 11.6 Å². The van der Waals surface area contributed by atoms with Gasteiger partial charge < -0.3 is 10.6 Å². The van der Waals surface area contributed by atoms with E-state index in [9.17, 15) is 13.6 Å². The van der Waals surface area contributed by atoms with Crippen molar-refractivity contribution in [2.24, 2.45) is 11.7 Å². The fourth-order valence-electron chi connectivity index (χ4n) is 2.45. The highest BCUT2D eigenvalue weighted by Gasteiger charge is 2.24. The van der Waals surface area contributed by atoms with Crippen LogP contribution in [0.2, 0.25) is 0 Å². The lowest BCUT2D eigenvalue weighted by Gasteiger charge is -2.32. The van der Waals surface area contributed by atoms with Gasteiger partial charge in [0.1, 0.15) is 11.6 Å². The summed E-state index contributed by atoms with van der Waals surface area (Å²) < 4.78 is 27.0. The Morgan fingerprint density at radius 3 is 2.60 bits per heavy atom. The Kier molecular flexibility index (Phi) is 6.36. The van der Waals surface area contributed by atoms with Crippen molar-refractivity contribution in [2.75, 3.05) is 19.6 Å². The summed E-state index contributed by atoms with van der Waals surface area (Å²) in [5.74, 6) is -1.27. The first-order valence-corrected chi connectivity index (χ1v) is 6.52. The lowest BCUT2D eigenvalue weighted by Crippen LogP contribution is -2.42. The molecule has 1 aromatic carbocycles. The molecule has 1 saturated heterocycles. The first-order valence-electron chi connectivity index (χ1n) is 6.52. The fraction of sp³-hybridized carbons (Fsp3) is 0.500. The van der Waals surface area contributed by atoms with E-state index >= 15 is 0 Å². The second-order valence-electron chi connectivity index (χ2n) is 4.96. The third-order valence-electron chi connectivity index (χ3n) is 3.59. The van der Waals surface area contributed by atoms with Gasteiger partial charge in [0.15, 0.2) is 0 Å². The second-order valence-corrected chi connectivity index (χ2v) is 4.96. The van der Waals surface area contributed by atoms with Gasteiger partial charge in [-0.2, -0.15) is 0 Å². The van der Waals surface area contributed by atoms with Crippen LogP contribution in [0.15, 0.2) is 18.2 Å². The maximum atomic E-state index is 13.5. The molecule has 1 unspecified atom stereocenters. The number of hydrogen-bond acceptors (Lipinski definition) is 2. The van der Waals surface area contributed by atoms with E-state index in [1.807, 2.05) is 0 Å². The van der Waals surface area contributed by atoms with Crippen LogP contribution >= 0.6 is 12.4 Å². The van der Waals surface area contributed by atoms with Crippen molar-refractivity contribution >= 4 is 18.3 Å². The molecule has 0 radical (unpaired) electrons. The predicted octanol–water partition coefficient (Wildman–Crippen LogP) is 2.13. The second kappa shape index (κ2) is 7.55. The third kappa shape index (κ3) is 3.90. The predicted molar refractivity (Wildman–Crippen MR) is 75.7 cm³/mol. The SMILES string of the molecule is Cl.NCC1CCCN(C(=O)Cc2c(F)cccc2F)C1. The van der Waals surface area contributed by atoms with Crippen LogP contribution in [-0.2, 0) is 11.2 Å². The zero-order chi connectivity index (χ0) is 13.8. The Balaban J connectivity index is 0.00000200. The quantitative estimate of drug-likeness (QED) is 0.930. The molecule has 2 N–H and O–H groups in total. The normalized spacial score (nSPS) is 18.6. The molecule has 1 amide bonds. The Hall–Kier alpha value is -1.20. The van der Waals surface area contributed by atoms with E-state index in [1.54, 1.807) is 4.90 Å². The van der Waals surface area contributed by atoms with Gasteiger partial charge in [-0.3, -0.25) is 4.79 Å². The number of piperidine rings is 1. The molecule has 1 fully saturated rings. The van der Waals surface area contributed by atoms with E-state index in [0.29, 0.717) is 25.6 Å². The summed E-state index contributed by atoms with van der Waals surface area (Å²) in [6.45, 7) is 1.77. The fourth-order valence-corrected chi connectivity index (χ4v) is 2.45. The summed E-state index contributed by atoms with van der Waals surface area (Å²) in [5.41, 5.74) is 5.46. The molecule has 0 bridgehead atoms. The van der Waals surface area contributed by atoms with Gasteiger partial charge in [-0.05, 0) is 37.4 Å². The number of carbonyl (C=O) groups is 1. The first-order chi connectivity index (χ1) is 9.11. The smallest absolute Gasteiger partial charge is 0.227 e. The molecule has 0 spiro atoms. The molecule has 2 rings (SSSR count). The van der Waals surface area contributed by atoms with Crippen molar-refractivity contribution in [1.82, 2.24) is 4.90 Å². The number of carbonyl (C=O) groups excluding carboxylic acids is 1. The zero-order valence-electron chi connectivity index (χ0n) is 11.1. The van der Waals surface area contributed by atoms with Gasteiger partial charge in [-0.25, -0.2) is 8.78 Å². The molecule has 112 valence electrons. The highest BCUT2D eigenvalue weighted by Crippen LogP contribution is 2.18. The van der Waals surface area contributed by atoms with E-state index in [2.05, 4.69) is 0 Å². The average Bonchev–Trinajstić information content (AvgIpc) is 2.43. The number of hydrogen-bond donors (Lipinski definition) is 1. The summed E-state index contributed by atoms with van der Waals surface area (Å²) in [6, 6.07) is 3.64. The first kappa shape index (κ1) is 16.9. The summed E-state index contributed by atoms with van der Waals surface area (Å²) in [5, 5.41) is 0. The summed E-state index contributed by atoms with van der Waals surface area (Å²) in [6.07, 6.45) is 1.68. The zero-order valence-corrected chi connectivity index (χ0v) is 12.0. The molecule has 1 aromatic rings. The van der Waals surface area contributed by atoms with Crippen LogP contribution in [0.1, 0.15) is 18.4 Å². The van der Waals surface area contributed by atoms with Crippen molar-refractivity contribution in [3.8, 4) is 0 Å². The highest BCUT2D eigenvalue weighted by molar-refractivity contribution is 5.85. The van der Waals surface area contributed by atoms with Gasteiger partial charge in [-0.15, -0.1) is 12.4 Å². The van der Waals surface area contributed by atoms with Crippen molar-refractivity contribution in [1.29, 1.82) is 0 Å². The minimum absolute atomic E-state index is 0. The van der Waals surface area contributed by atoms with E-state index in [1.165, 1.54) is 18.2 Å². The summed E-state index contributed by atoms with van der Waals surface area (Å²) in [4.78, 5) is 13.7. The lowest BCUT2D eigenvalue weighted by molar-refractivity contribution is -0.132. The largest absolute Gasteiger partial charge is 0.342 e. The van der Waals surface area contributed by atoms with Crippen LogP contribution < -0.4 is 5.73 Å². The summed E-state index contributed by atoms with van der Waals surface area (Å²) >= 11 is 0. The van der Waals surface area contributed by atoms with Crippen LogP contribution in [0.4, 0.5) is 8.78 Å². The minimum Gasteiger partial charge on any atom is -0.342 e. The molecule has 6 heteroatoms. The standard InChI is InChI=1S/C14H18F2N2O.ClH/c15-12-4-1-5-13(16)11(12)7-14(19)18-6-2-3-10(8-17)9-18;/h1,4-5,10H,2-3,6-9,17H2;1H. The number of amides is 1. The number of likely N-dealkylation sites (tertiary alicyclic amines) is 1.